The Balaban J connectivity index is 2.60. The summed E-state index contributed by atoms with van der Waals surface area (Å²) in [6, 6.07) is 17.3. The molecule has 0 atom stereocenters. The molecule has 17 heavy (non-hydrogen) atoms. The molecule has 0 saturated heterocycles. The monoisotopic (exact) mass is 218 g/mol. The van der Waals surface area contributed by atoms with Crippen molar-refractivity contribution in [3.63, 3.8) is 0 Å². The van der Waals surface area contributed by atoms with Crippen LogP contribution in [0.15, 0.2) is 55.1 Å². The van der Waals surface area contributed by atoms with Crippen LogP contribution in [0.2, 0.25) is 0 Å². The third kappa shape index (κ3) is 1.53. The summed E-state index contributed by atoms with van der Waals surface area (Å²) in [5.41, 5.74) is 2.50. The first-order valence-electron chi connectivity index (χ1n) is 5.84. The van der Waals surface area contributed by atoms with Gasteiger partial charge in [-0.3, -0.25) is 0 Å². The smallest absolute Gasteiger partial charge is 0.00330 e. The van der Waals surface area contributed by atoms with Crippen LogP contribution in [0.3, 0.4) is 0 Å². The van der Waals surface area contributed by atoms with E-state index in [0.717, 1.165) is 0 Å². The molecule has 0 nitrogen and oxygen atoms in total. The molecule has 0 aromatic heterocycles. The molecule has 0 fully saturated rings. The number of benzene rings is 3. The molecule has 3 aromatic carbocycles. The largest absolute Gasteiger partial charge is 0.0984 e. The van der Waals surface area contributed by atoms with Crippen molar-refractivity contribution in [2.24, 2.45) is 0 Å². The maximum absolute atomic E-state index is 3.91. The fourth-order valence-corrected chi connectivity index (χ4v) is 2.42. The van der Waals surface area contributed by atoms with Gasteiger partial charge in [0.05, 0.1) is 0 Å². The number of fused-ring (bicyclic) bond motifs is 3. The highest BCUT2D eigenvalue weighted by Crippen LogP contribution is 2.29. The van der Waals surface area contributed by atoms with Crippen LogP contribution in [-0.4, -0.2) is 0 Å². The van der Waals surface area contributed by atoms with E-state index in [1.54, 1.807) is 0 Å². The molecule has 0 amide bonds. The van der Waals surface area contributed by atoms with Crippen LogP contribution >= 0.6 is 0 Å². The molecule has 82 valence electrons. The molecule has 0 heteroatoms. The van der Waals surface area contributed by atoms with Crippen LogP contribution < -0.4 is 0 Å². The third-order valence-electron chi connectivity index (χ3n) is 3.27. The van der Waals surface area contributed by atoms with Crippen LogP contribution in [0.4, 0.5) is 0 Å². The maximum atomic E-state index is 3.91. The summed E-state index contributed by atoms with van der Waals surface area (Å²) in [6.45, 7) is 6.04. The molecule has 0 unspecified atom stereocenters. The normalized spacial score (nSPS) is 10.9. The molecule has 0 heterocycles. The van der Waals surface area contributed by atoms with E-state index in [-0.39, 0.29) is 0 Å². The predicted octanol–water partition coefficient (Wildman–Crippen LogP) is 4.94. The van der Waals surface area contributed by atoms with Crippen LogP contribution in [0, 0.1) is 6.92 Å². The topological polar surface area (TPSA) is 0 Å². The van der Waals surface area contributed by atoms with Gasteiger partial charge in [-0.15, -0.1) is 0 Å². The van der Waals surface area contributed by atoms with E-state index in [1.807, 2.05) is 6.08 Å². The van der Waals surface area contributed by atoms with E-state index in [0.29, 0.717) is 0 Å². The Labute approximate surface area is 101 Å². The first-order valence-corrected chi connectivity index (χ1v) is 5.84. The number of hydrogen-bond acceptors (Lipinski definition) is 0. The molecule has 0 aliphatic heterocycles. The van der Waals surface area contributed by atoms with Crippen molar-refractivity contribution in [1.82, 2.24) is 0 Å². The van der Waals surface area contributed by atoms with E-state index in [4.69, 9.17) is 0 Å². The Morgan fingerprint density at radius 2 is 1.71 bits per heavy atom. The second-order valence-corrected chi connectivity index (χ2v) is 4.44. The van der Waals surface area contributed by atoms with Gasteiger partial charge in [0, 0.05) is 0 Å². The van der Waals surface area contributed by atoms with Gasteiger partial charge in [-0.1, -0.05) is 66.7 Å². The molecule has 0 aliphatic rings. The van der Waals surface area contributed by atoms with E-state index >= 15 is 0 Å². The summed E-state index contributed by atoms with van der Waals surface area (Å²) >= 11 is 0. The Morgan fingerprint density at radius 1 is 0.941 bits per heavy atom. The third-order valence-corrected chi connectivity index (χ3v) is 3.27. The summed E-state index contributed by atoms with van der Waals surface area (Å²) in [5.74, 6) is 0. The summed E-state index contributed by atoms with van der Waals surface area (Å²) in [4.78, 5) is 0. The number of aryl methyl sites for hydroxylation is 1. The van der Waals surface area contributed by atoms with E-state index in [2.05, 4.69) is 62.0 Å². The quantitative estimate of drug-likeness (QED) is 0.507. The van der Waals surface area contributed by atoms with Crippen molar-refractivity contribution < 1.29 is 0 Å². The van der Waals surface area contributed by atoms with Crippen LogP contribution in [0.5, 0.6) is 0 Å². The van der Waals surface area contributed by atoms with E-state index in [9.17, 15) is 0 Å². The van der Waals surface area contributed by atoms with Crippen molar-refractivity contribution in [3.05, 3.63) is 66.2 Å². The SMILES string of the molecule is C=Cc1cccc2ccc3ccc(C)cc3c12. The van der Waals surface area contributed by atoms with E-state index < -0.39 is 0 Å². The zero-order valence-electron chi connectivity index (χ0n) is 9.90. The molecule has 0 N–H and O–H groups in total. The minimum atomic E-state index is 1.21. The average molecular weight is 218 g/mol. The lowest BCUT2D eigenvalue weighted by Gasteiger charge is -2.08. The molecule has 3 aromatic rings. The Bertz CT molecular complexity index is 721. The molecule has 0 spiro atoms. The molecule has 0 radical (unpaired) electrons. The highest BCUT2D eigenvalue weighted by Gasteiger charge is 2.03. The highest BCUT2D eigenvalue weighted by atomic mass is 14.1. The number of hydrogen-bond donors (Lipinski definition) is 0. The van der Waals surface area contributed by atoms with Gasteiger partial charge in [0.15, 0.2) is 0 Å². The second-order valence-electron chi connectivity index (χ2n) is 4.44. The maximum Gasteiger partial charge on any atom is -0.00330 e. The zero-order valence-corrected chi connectivity index (χ0v) is 9.90. The van der Waals surface area contributed by atoms with Crippen molar-refractivity contribution in [2.75, 3.05) is 0 Å². The Hall–Kier alpha value is -2.08. The van der Waals surface area contributed by atoms with Gasteiger partial charge in [0.2, 0.25) is 0 Å². The van der Waals surface area contributed by atoms with Gasteiger partial charge in [-0.05, 0) is 34.0 Å². The summed E-state index contributed by atoms with van der Waals surface area (Å²) < 4.78 is 0. The van der Waals surface area contributed by atoms with Gasteiger partial charge in [-0.2, -0.15) is 0 Å². The van der Waals surface area contributed by atoms with Gasteiger partial charge in [-0.25, -0.2) is 0 Å². The minimum absolute atomic E-state index is 1.21. The summed E-state index contributed by atoms with van der Waals surface area (Å²) in [7, 11) is 0. The lowest BCUT2D eigenvalue weighted by atomic mass is 9.96. The lowest BCUT2D eigenvalue weighted by Crippen LogP contribution is -1.82. The molecule has 3 rings (SSSR count). The molecular weight excluding hydrogens is 204 g/mol. The minimum Gasteiger partial charge on any atom is -0.0984 e. The Kier molecular flexibility index (Phi) is 2.22. The first kappa shape index (κ1) is 10.1. The van der Waals surface area contributed by atoms with E-state index in [1.165, 1.54) is 32.7 Å². The second kappa shape index (κ2) is 3.74. The Morgan fingerprint density at radius 3 is 2.53 bits per heavy atom. The number of rotatable bonds is 1. The van der Waals surface area contributed by atoms with Gasteiger partial charge in [0.1, 0.15) is 0 Å². The van der Waals surface area contributed by atoms with Crippen LogP contribution in [-0.2, 0) is 0 Å². The zero-order chi connectivity index (χ0) is 11.8. The lowest BCUT2D eigenvalue weighted by molar-refractivity contribution is 1.51. The van der Waals surface area contributed by atoms with Gasteiger partial charge >= 0.3 is 0 Å². The highest BCUT2D eigenvalue weighted by molar-refractivity contribution is 6.11. The predicted molar refractivity (Wildman–Crippen MR) is 76.3 cm³/mol. The molecular formula is C17H14. The fraction of sp³-hybridized carbons (Fsp3) is 0.0588. The van der Waals surface area contributed by atoms with Gasteiger partial charge < -0.3 is 0 Å². The van der Waals surface area contributed by atoms with Gasteiger partial charge in [0.25, 0.3) is 0 Å². The van der Waals surface area contributed by atoms with Crippen molar-refractivity contribution >= 4 is 27.6 Å². The van der Waals surface area contributed by atoms with Crippen LogP contribution in [0.25, 0.3) is 27.6 Å². The first-order chi connectivity index (χ1) is 8.29. The van der Waals surface area contributed by atoms with Crippen molar-refractivity contribution in [1.29, 1.82) is 0 Å². The summed E-state index contributed by atoms with van der Waals surface area (Å²) in [5, 5.41) is 5.19. The molecule has 0 bridgehead atoms. The average Bonchev–Trinajstić information content (AvgIpc) is 2.37. The van der Waals surface area contributed by atoms with Crippen LogP contribution in [0.1, 0.15) is 11.1 Å². The summed E-state index contributed by atoms with van der Waals surface area (Å²) in [6.07, 6.45) is 1.93. The molecule has 0 saturated carbocycles. The standard InChI is InChI=1S/C17H14/c1-3-13-5-4-6-15-10-9-14-8-7-12(2)11-16(14)17(13)15/h3-11H,1H2,2H3. The fourth-order valence-electron chi connectivity index (χ4n) is 2.42. The van der Waals surface area contributed by atoms with Crippen molar-refractivity contribution in [2.45, 2.75) is 6.92 Å². The molecule has 0 aliphatic carbocycles. The van der Waals surface area contributed by atoms with Crippen molar-refractivity contribution in [3.8, 4) is 0 Å².